The minimum absolute atomic E-state index is 0.295. The Morgan fingerprint density at radius 2 is 2.27 bits per heavy atom. The fourth-order valence-electron chi connectivity index (χ4n) is 1.66. The van der Waals surface area contributed by atoms with Crippen molar-refractivity contribution in [3.8, 4) is 0 Å². The highest BCUT2D eigenvalue weighted by Crippen LogP contribution is 2.23. The third kappa shape index (κ3) is 2.22. The zero-order valence-electron chi connectivity index (χ0n) is 8.20. The van der Waals surface area contributed by atoms with Crippen LogP contribution in [0.3, 0.4) is 0 Å². The van der Waals surface area contributed by atoms with Crippen molar-refractivity contribution in [2.24, 2.45) is 5.73 Å². The van der Waals surface area contributed by atoms with E-state index in [2.05, 4.69) is 20.9 Å². The Labute approximate surface area is 96.4 Å². The molecule has 0 bridgehead atoms. The number of hydrogen-bond donors (Lipinski definition) is 3. The van der Waals surface area contributed by atoms with Crippen molar-refractivity contribution in [1.82, 2.24) is 4.98 Å². The van der Waals surface area contributed by atoms with E-state index in [1.165, 1.54) is 0 Å². The molecule has 0 fully saturated rings. The van der Waals surface area contributed by atoms with Gasteiger partial charge in [0.2, 0.25) is 0 Å². The van der Waals surface area contributed by atoms with E-state index in [9.17, 15) is 5.11 Å². The van der Waals surface area contributed by atoms with Crippen LogP contribution in [-0.4, -0.2) is 22.7 Å². The Hall–Kier alpha value is -0.840. The van der Waals surface area contributed by atoms with Crippen LogP contribution in [0, 0.1) is 0 Å². The first-order valence-corrected chi connectivity index (χ1v) is 5.63. The highest BCUT2D eigenvalue weighted by molar-refractivity contribution is 9.10. The molecule has 4 N–H and O–H groups in total. The molecule has 1 unspecified atom stereocenters. The zero-order chi connectivity index (χ0) is 10.8. The molecule has 1 aromatic carbocycles. The second kappa shape index (κ2) is 4.35. The monoisotopic (exact) mass is 268 g/mol. The topological polar surface area (TPSA) is 62.0 Å². The van der Waals surface area contributed by atoms with Crippen molar-refractivity contribution in [2.75, 3.05) is 6.54 Å². The maximum atomic E-state index is 9.50. The average Bonchev–Trinajstić information content (AvgIpc) is 2.60. The molecule has 1 heterocycles. The van der Waals surface area contributed by atoms with Crippen LogP contribution in [-0.2, 0) is 6.42 Å². The van der Waals surface area contributed by atoms with Crippen molar-refractivity contribution in [3.05, 3.63) is 34.4 Å². The van der Waals surface area contributed by atoms with Crippen molar-refractivity contribution >= 4 is 26.8 Å². The van der Waals surface area contributed by atoms with Crippen LogP contribution in [0.1, 0.15) is 5.56 Å². The number of H-pyrrole nitrogens is 1. The number of aliphatic hydroxyl groups is 1. The lowest BCUT2D eigenvalue weighted by Crippen LogP contribution is -2.21. The number of nitrogens with one attached hydrogen (secondary N) is 1. The molecular weight excluding hydrogens is 256 g/mol. The Bertz CT molecular complexity index is 467. The standard InChI is InChI=1S/C11H13BrN2O/c12-8-1-2-10-7(3-9(15)5-13)6-14-11(10)4-8/h1-2,4,6,9,14-15H,3,5,13H2. The van der Waals surface area contributed by atoms with Gasteiger partial charge in [-0.05, 0) is 17.7 Å². The summed E-state index contributed by atoms with van der Waals surface area (Å²) < 4.78 is 1.04. The minimum atomic E-state index is -0.465. The molecule has 0 aliphatic heterocycles. The molecule has 2 aromatic rings. The molecule has 0 amide bonds. The molecule has 2 rings (SSSR count). The number of aromatic nitrogens is 1. The largest absolute Gasteiger partial charge is 0.391 e. The number of rotatable bonds is 3. The normalized spacial score (nSPS) is 13.3. The predicted molar refractivity (Wildman–Crippen MR) is 64.8 cm³/mol. The number of nitrogens with two attached hydrogens (primary N) is 1. The first-order chi connectivity index (χ1) is 7.20. The van der Waals surface area contributed by atoms with Crippen LogP contribution in [0.2, 0.25) is 0 Å². The van der Waals surface area contributed by atoms with Crippen LogP contribution in [0.4, 0.5) is 0 Å². The molecule has 80 valence electrons. The number of benzene rings is 1. The Balaban J connectivity index is 2.36. The summed E-state index contributed by atoms with van der Waals surface area (Å²) >= 11 is 3.42. The third-order valence-corrected chi connectivity index (χ3v) is 2.95. The van der Waals surface area contributed by atoms with Crippen LogP contribution in [0.15, 0.2) is 28.9 Å². The van der Waals surface area contributed by atoms with Crippen molar-refractivity contribution in [3.63, 3.8) is 0 Å². The SMILES string of the molecule is NCC(O)Cc1c[nH]c2cc(Br)ccc12. The van der Waals surface area contributed by atoms with E-state index in [-0.39, 0.29) is 0 Å². The van der Waals surface area contributed by atoms with Gasteiger partial charge >= 0.3 is 0 Å². The molecule has 15 heavy (non-hydrogen) atoms. The van der Waals surface area contributed by atoms with E-state index in [1.54, 1.807) is 0 Å². The smallest absolute Gasteiger partial charge is 0.0703 e. The predicted octanol–water partition coefficient (Wildman–Crippen LogP) is 1.79. The molecular formula is C11H13BrN2O. The molecule has 3 nitrogen and oxygen atoms in total. The third-order valence-electron chi connectivity index (χ3n) is 2.46. The van der Waals surface area contributed by atoms with Crippen LogP contribution < -0.4 is 5.73 Å². The first-order valence-electron chi connectivity index (χ1n) is 4.84. The van der Waals surface area contributed by atoms with E-state index < -0.39 is 6.10 Å². The lowest BCUT2D eigenvalue weighted by atomic mass is 10.1. The minimum Gasteiger partial charge on any atom is -0.391 e. The average molecular weight is 269 g/mol. The quantitative estimate of drug-likeness (QED) is 0.795. The number of hydrogen-bond acceptors (Lipinski definition) is 2. The Morgan fingerprint density at radius 3 is 3.00 bits per heavy atom. The second-order valence-corrected chi connectivity index (χ2v) is 4.51. The van der Waals surface area contributed by atoms with Gasteiger partial charge in [0.15, 0.2) is 0 Å². The first kappa shape index (κ1) is 10.7. The summed E-state index contributed by atoms with van der Waals surface area (Å²) in [7, 11) is 0. The molecule has 0 aliphatic rings. The van der Waals surface area contributed by atoms with E-state index in [0.29, 0.717) is 13.0 Å². The second-order valence-electron chi connectivity index (χ2n) is 3.60. The van der Waals surface area contributed by atoms with Gasteiger partial charge in [-0.1, -0.05) is 22.0 Å². The van der Waals surface area contributed by atoms with Gasteiger partial charge in [0.05, 0.1) is 6.10 Å². The highest BCUT2D eigenvalue weighted by Gasteiger charge is 2.08. The van der Waals surface area contributed by atoms with E-state index in [1.807, 2.05) is 24.4 Å². The summed E-state index contributed by atoms with van der Waals surface area (Å²) in [4.78, 5) is 3.18. The highest BCUT2D eigenvalue weighted by atomic mass is 79.9. The molecule has 0 saturated carbocycles. The lowest BCUT2D eigenvalue weighted by Gasteiger charge is -2.05. The van der Waals surface area contributed by atoms with Gasteiger partial charge in [0, 0.05) is 34.5 Å². The van der Waals surface area contributed by atoms with Gasteiger partial charge in [0.1, 0.15) is 0 Å². The van der Waals surface area contributed by atoms with Gasteiger partial charge < -0.3 is 15.8 Å². The van der Waals surface area contributed by atoms with Gasteiger partial charge in [-0.25, -0.2) is 0 Å². The van der Waals surface area contributed by atoms with Gasteiger partial charge in [-0.2, -0.15) is 0 Å². The molecule has 1 atom stereocenters. The van der Waals surface area contributed by atoms with Crippen molar-refractivity contribution in [1.29, 1.82) is 0 Å². The number of aromatic amines is 1. The molecule has 0 radical (unpaired) electrons. The summed E-state index contributed by atoms with van der Waals surface area (Å²) in [5.41, 5.74) is 7.57. The summed E-state index contributed by atoms with van der Waals surface area (Å²) in [5, 5.41) is 10.6. The zero-order valence-corrected chi connectivity index (χ0v) is 9.79. The van der Waals surface area contributed by atoms with E-state index >= 15 is 0 Å². The number of aliphatic hydroxyl groups excluding tert-OH is 1. The summed E-state index contributed by atoms with van der Waals surface area (Å²) in [6.07, 6.45) is 2.06. The molecule has 0 spiro atoms. The molecule has 4 heteroatoms. The fraction of sp³-hybridized carbons (Fsp3) is 0.273. The Kier molecular flexibility index (Phi) is 3.09. The van der Waals surface area contributed by atoms with Gasteiger partial charge in [-0.15, -0.1) is 0 Å². The molecule has 0 saturated heterocycles. The van der Waals surface area contributed by atoms with Crippen molar-refractivity contribution < 1.29 is 5.11 Å². The van der Waals surface area contributed by atoms with Crippen LogP contribution in [0.5, 0.6) is 0 Å². The summed E-state index contributed by atoms with van der Waals surface area (Å²) in [5.74, 6) is 0. The fourth-order valence-corrected chi connectivity index (χ4v) is 2.03. The number of fused-ring (bicyclic) bond motifs is 1. The van der Waals surface area contributed by atoms with Gasteiger partial charge in [0.25, 0.3) is 0 Å². The van der Waals surface area contributed by atoms with E-state index in [0.717, 1.165) is 20.9 Å². The summed E-state index contributed by atoms with van der Waals surface area (Å²) in [6.45, 7) is 0.295. The maximum Gasteiger partial charge on any atom is 0.0703 e. The molecule has 0 aliphatic carbocycles. The lowest BCUT2D eigenvalue weighted by molar-refractivity contribution is 0.184. The van der Waals surface area contributed by atoms with Crippen LogP contribution in [0.25, 0.3) is 10.9 Å². The maximum absolute atomic E-state index is 9.50. The summed E-state index contributed by atoms with van der Waals surface area (Å²) in [6, 6.07) is 6.05. The van der Waals surface area contributed by atoms with Gasteiger partial charge in [-0.3, -0.25) is 0 Å². The Morgan fingerprint density at radius 1 is 1.47 bits per heavy atom. The van der Waals surface area contributed by atoms with Crippen LogP contribution >= 0.6 is 15.9 Å². The molecule has 1 aromatic heterocycles. The van der Waals surface area contributed by atoms with E-state index in [4.69, 9.17) is 5.73 Å². The van der Waals surface area contributed by atoms with Crippen molar-refractivity contribution in [2.45, 2.75) is 12.5 Å². The number of halogens is 1.